The predicted octanol–water partition coefficient (Wildman–Crippen LogP) is 2.44. The summed E-state index contributed by atoms with van der Waals surface area (Å²) in [7, 11) is 0. The van der Waals surface area contributed by atoms with Crippen LogP contribution in [0.25, 0.3) is 0 Å². The topological polar surface area (TPSA) is 46.5 Å². The molecule has 3 rings (SSSR count). The van der Waals surface area contributed by atoms with Gasteiger partial charge in [-0.15, -0.1) is 0 Å². The van der Waals surface area contributed by atoms with Crippen molar-refractivity contribution in [1.82, 2.24) is 0 Å². The first-order valence-corrected chi connectivity index (χ1v) is 5.35. The first kappa shape index (κ1) is 9.90. The molecular weight excluding hydrogens is 216 g/mol. The van der Waals surface area contributed by atoms with E-state index in [2.05, 4.69) is 0 Å². The van der Waals surface area contributed by atoms with E-state index in [0.29, 0.717) is 5.75 Å². The second-order valence-electron chi connectivity index (χ2n) is 3.99. The van der Waals surface area contributed by atoms with Gasteiger partial charge in [0.1, 0.15) is 17.4 Å². The van der Waals surface area contributed by atoms with Crippen molar-refractivity contribution in [3.05, 3.63) is 59.7 Å². The van der Waals surface area contributed by atoms with Crippen LogP contribution in [0.5, 0.6) is 11.5 Å². The molecule has 2 aromatic carbocycles. The van der Waals surface area contributed by atoms with Crippen LogP contribution in [0.15, 0.2) is 48.5 Å². The average molecular weight is 226 g/mol. The summed E-state index contributed by atoms with van der Waals surface area (Å²) in [4.78, 5) is 11.8. The Morgan fingerprint density at radius 2 is 1.82 bits per heavy atom. The van der Waals surface area contributed by atoms with Crippen molar-refractivity contribution < 1.29 is 14.6 Å². The van der Waals surface area contributed by atoms with Crippen molar-refractivity contribution in [2.45, 2.75) is 5.92 Å². The number of phenols is 1. The van der Waals surface area contributed by atoms with Crippen molar-refractivity contribution in [1.29, 1.82) is 0 Å². The van der Waals surface area contributed by atoms with Crippen LogP contribution in [0.2, 0.25) is 0 Å². The van der Waals surface area contributed by atoms with E-state index in [9.17, 15) is 9.90 Å². The van der Waals surface area contributed by atoms with Crippen molar-refractivity contribution in [3.63, 3.8) is 0 Å². The molecule has 1 unspecified atom stereocenters. The molecule has 1 aliphatic heterocycles. The molecule has 1 N–H and O–H groups in total. The second-order valence-corrected chi connectivity index (χ2v) is 3.99. The summed E-state index contributed by atoms with van der Waals surface area (Å²) in [5, 5.41) is 9.35. The van der Waals surface area contributed by atoms with Gasteiger partial charge in [-0.3, -0.25) is 4.79 Å². The van der Waals surface area contributed by atoms with Gasteiger partial charge in [-0.25, -0.2) is 0 Å². The van der Waals surface area contributed by atoms with E-state index >= 15 is 0 Å². The molecule has 1 heterocycles. The van der Waals surface area contributed by atoms with E-state index < -0.39 is 0 Å². The summed E-state index contributed by atoms with van der Waals surface area (Å²) < 4.78 is 5.16. The van der Waals surface area contributed by atoms with Crippen molar-refractivity contribution in [2.24, 2.45) is 0 Å². The largest absolute Gasteiger partial charge is 0.508 e. The van der Waals surface area contributed by atoms with Crippen LogP contribution in [-0.4, -0.2) is 11.1 Å². The molecule has 17 heavy (non-hydrogen) atoms. The number of ether oxygens (including phenoxy) is 1. The molecule has 1 atom stereocenters. The fourth-order valence-electron chi connectivity index (χ4n) is 2.11. The Labute approximate surface area is 98.3 Å². The minimum absolute atomic E-state index is 0.102. The van der Waals surface area contributed by atoms with E-state index in [1.165, 1.54) is 6.07 Å². The molecule has 0 saturated heterocycles. The SMILES string of the molecule is O=C1Oc2cc(O)ccc2C1c1ccccc1. The Balaban J connectivity index is 2.12. The van der Waals surface area contributed by atoms with Crippen LogP contribution in [0, 0.1) is 0 Å². The molecule has 0 aromatic heterocycles. The van der Waals surface area contributed by atoms with Gasteiger partial charge in [0.25, 0.3) is 0 Å². The number of esters is 1. The average Bonchev–Trinajstić information content (AvgIpc) is 2.65. The smallest absolute Gasteiger partial charge is 0.323 e. The third-order valence-electron chi connectivity index (χ3n) is 2.89. The lowest BCUT2D eigenvalue weighted by molar-refractivity contribution is -0.133. The molecule has 0 amide bonds. The van der Waals surface area contributed by atoms with Gasteiger partial charge in [0.15, 0.2) is 0 Å². The van der Waals surface area contributed by atoms with Crippen molar-refractivity contribution in [3.8, 4) is 11.5 Å². The highest BCUT2D eigenvalue weighted by molar-refractivity contribution is 5.89. The molecule has 0 saturated carbocycles. The number of carbonyl (C=O) groups excluding carboxylic acids is 1. The van der Waals surface area contributed by atoms with Crippen molar-refractivity contribution in [2.75, 3.05) is 0 Å². The van der Waals surface area contributed by atoms with E-state index in [-0.39, 0.29) is 17.6 Å². The molecule has 84 valence electrons. The highest BCUT2D eigenvalue weighted by Crippen LogP contribution is 2.40. The summed E-state index contributed by atoms with van der Waals surface area (Å²) in [6.45, 7) is 0. The van der Waals surface area contributed by atoms with E-state index in [0.717, 1.165) is 11.1 Å². The molecule has 0 bridgehead atoms. The third-order valence-corrected chi connectivity index (χ3v) is 2.89. The number of fused-ring (bicyclic) bond motifs is 1. The van der Waals surface area contributed by atoms with E-state index in [4.69, 9.17) is 4.74 Å². The Morgan fingerprint density at radius 3 is 2.59 bits per heavy atom. The normalized spacial score (nSPS) is 17.6. The number of benzene rings is 2. The summed E-state index contributed by atoms with van der Waals surface area (Å²) in [6, 6.07) is 14.2. The van der Waals surface area contributed by atoms with Gasteiger partial charge >= 0.3 is 5.97 Å². The maximum Gasteiger partial charge on any atom is 0.323 e. The highest BCUT2D eigenvalue weighted by atomic mass is 16.5. The lowest BCUT2D eigenvalue weighted by Gasteiger charge is -2.06. The fourth-order valence-corrected chi connectivity index (χ4v) is 2.11. The lowest BCUT2D eigenvalue weighted by atomic mass is 9.93. The molecule has 3 nitrogen and oxygen atoms in total. The van der Waals surface area contributed by atoms with E-state index in [1.54, 1.807) is 12.1 Å². The Bertz CT molecular complexity index is 575. The minimum Gasteiger partial charge on any atom is -0.508 e. The number of hydrogen-bond donors (Lipinski definition) is 1. The Hall–Kier alpha value is -2.29. The number of rotatable bonds is 1. The zero-order valence-electron chi connectivity index (χ0n) is 8.96. The molecule has 3 heteroatoms. The van der Waals surface area contributed by atoms with Crippen LogP contribution < -0.4 is 4.74 Å². The summed E-state index contributed by atoms with van der Waals surface area (Å²) >= 11 is 0. The van der Waals surface area contributed by atoms with Gasteiger partial charge < -0.3 is 9.84 Å². The first-order chi connectivity index (χ1) is 8.25. The molecular formula is C14H10O3. The predicted molar refractivity (Wildman–Crippen MR) is 62.0 cm³/mol. The molecule has 1 aliphatic rings. The molecule has 0 aliphatic carbocycles. The fraction of sp³-hybridized carbons (Fsp3) is 0.0714. The number of hydrogen-bond acceptors (Lipinski definition) is 3. The van der Waals surface area contributed by atoms with Gasteiger partial charge in [-0.2, -0.15) is 0 Å². The Kier molecular flexibility index (Phi) is 2.11. The molecule has 0 fully saturated rings. The second kappa shape index (κ2) is 3.63. The van der Waals surface area contributed by atoms with Crippen LogP contribution in [0.1, 0.15) is 17.0 Å². The lowest BCUT2D eigenvalue weighted by Crippen LogP contribution is -2.11. The third kappa shape index (κ3) is 1.56. The van der Waals surface area contributed by atoms with Gasteiger partial charge in [-0.05, 0) is 11.6 Å². The Morgan fingerprint density at radius 1 is 1.06 bits per heavy atom. The maximum atomic E-state index is 11.8. The molecule has 0 spiro atoms. The highest BCUT2D eigenvalue weighted by Gasteiger charge is 2.34. The van der Waals surface area contributed by atoms with Gasteiger partial charge in [-0.1, -0.05) is 36.4 Å². The van der Waals surface area contributed by atoms with Gasteiger partial charge in [0, 0.05) is 11.6 Å². The zero-order valence-corrected chi connectivity index (χ0v) is 8.96. The maximum absolute atomic E-state index is 11.8. The zero-order chi connectivity index (χ0) is 11.8. The summed E-state index contributed by atoms with van der Waals surface area (Å²) in [6.07, 6.45) is 0. The summed E-state index contributed by atoms with van der Waals surface area (Å²) in [5.74, 6) is -0.127. The van der Waals surface area contributed by atoms with Crippen LogP contribution in [-0.2, 0) is 4.79 Å². The minimum atomic E-state index is -0.383. The number of carbonyl (C=O) groups is 1. The van der Waals surface area contributed by atoms with Crippen molar-refractivity contribution >= 4 is 5.97 Å². The monoisotopic (exact) mass is 226 g/mol. The quantitative estimate of drug-likeness (QED) is 0.600. The van der Waals surface area contributed by atoms with Crippen LogP contribution in [0.4, 0.5) is 0 Å². The summed E-state index contributed by atoms with van der Waals surface area (Å²) in [5.41, 5.74) is 1.71. The standard InChI is InChI=1S/C14H10O3/c15-10-6-7-11-12(8-10)17-14(16)13(11)9-4-2-1-3-5-9/h1-8,13,15H. The number of aromatic hydroxyl groups is 1. The molecule has 2 aromatic rings. The molecule has 0 radical (unpaired) electrons. The number of phenolic OH excluding ortho intramolecular Hbond substituents is 1. The van der Waals surface area contributed by atoms with Gasteiger partial charge in [0.05, 0.1) is 0 Å². The van der Waals surface area contributed by atoms with Crippen LogP contribution in [0.3, 0.4) is 0 Å². The van der Waals surface area contributed by atoms with E-state index in [1.807, 2.05) is 30.3 Å². The first-order valence-electron chi connectivity index (χ1n) is 5.35. The van der Waals surface area contributed by atoms with Crippen LogP contribution >= 0.6 is 0 Å². The van der Waals surface area contributed by atoms with Gasteiger partial charge in [0.2, 0.25) is 0 Å².